The van der Waals surface area contributed by atoms with Gasteiger partial charge in [0.15, 0.2) is 9.84 Å². The Hall–Kier alpha value is -2.43. The minimum absolute atomic E-state index is 0.338. The zero-order valence-electron chi connectivity index (χ0n) is 16.6. The van der Waals surface area contributed by atoms with Gasteiger partial charge in [0.05, 0.1) is 22.9 Å². The largest absolute Gasteiger partial charge is 0.373 e. The zero-order valence-corrected chi connectivity index (χ0v) is 17.4. The molecule has 4 heteroatoms. The van der Waals surface area contributed by atoms with Crippen LogP contribution in [0.25, 0.3) is 10.8 Å². The number of fused-ring (bicyclic) bond motifs is 1. The molecule has 0 aliphatic heterocycles. The van der Waals surface area contributed by atoms with Crippen molar-refractivity contribution in [2.45, 2.75) is 37.0 Å². The number of rotatable bonds is 7. The molecule has 3 aromatic rings. The van der Waals surface area contributed by atoms with Gasteiger partial charge in [-0.2, -0.15) is 0 Å². The number of benzene rings is 3. The van der Waals surface area contributed by atoms with Crippen molar-refractivity contribution in [3.63, 3.8) is 0 Å². The Labute approximate surface area is 167 Å². The third-order valence-corrected chi connectivity index (χ3v) is 7.25. The van der Waals surface area contributed by atoms with Crippen LogP contribution in [0.1, 0.15) is 25.0 Å². The molecule has 0 fully saturated rings. The molecule has 0 atom stereocenters. The molecule has 3 nitrogen and oxygen atoms in total. The van der Waals surface area contributed by atoms with E-state index in [4.69, 9.17) is 4.74 Å². The summed E-state index contributed by atoms with van der Waals surface area (Å²) < 4.78 is 30.5. The molecule has 0 N–H and O–H groups in total. The van der Waals surface area contributed by atoms with Crippen LogP contribution in [-0.4, -0.2) is 19.8 Å². The van der Waals surface area contributed by atoms with E-state index >= 15 is 0 Å². The normalized spacial score (nSPS) is 12.7. The first kappa shape index (κ1) is 20.3. The first-order valence-electron chi connectivity index (χ1n) is 9.34. The van der Waals surface area contributed by atoms with E-state index in [9.17, 15) is 8.42 Å². The fourth-order valence-electron chi connectivity index (χ4n) is 3.02. The number of hydrogen-bond donors (Lipinski definition) is 0. The summed E-state index contributed by atoms with van der Waals surface area (Å²) in [4.78, 5) is 0.338. The molecule has 0 aliphatic carbocycles. The molecular formula is C24H26O3S. The Morgan fingerprint density at radius 1 is 0.929 bits per heavy atom. The van der Waals surface area contributed by atoms with Gasteiger partial charge in [-0.25, -0.2) is 8.42 Å². The van der Waals surface area contributed by atoms with E-state index in [1.54, 1.807) is 38.1 Å². The zero-order chi connectivity index (χ0) is 20.2. The predicted molar refractivity (Wildman–Crippen MR) is 115 cm³/mol. The maximum Gasteiger partial charge on any atom is 0.187 e. The minimum atomic E-state index is -3.46. The van der Waals surface area contributed by atoms with E-state index in [0.717, 1.165) is 11.1 Å². The number of aryl methyl sites for hydroxylation is 1. The lowest BCUT2D eigenvalue weighted by atomic mass is 10.1. The van der Waals surface area contributed by atoms with Gasteiger partial charge in [-0.15, -0.1) is 0 Å². The summed E-state index contributed by atoms with van der Waals surface area (Å²) in [5.74, 6) is 0. The van der Waals surface area contributed by atoms with E-state index in [0.29, 0.717) is 18.1 Å². The fourth-order valence-corrected chi connectivity index (χ4v) is 4.39. The summed E-state index contributed by atoms with van der Waals surface area (Å²) in [6.07, 6.45) is 3.50. The van der Waals surface area contributed by atoms with Gasteiger partial charge in [-0.3, -0.25) is 0 Å². The standard InChI is InChI=1S/C24H26O3S/c1-19-9-13-23(14-10-19)28(25,26)24(2,3)15-6-16-27-18-20-11-12-21-7-4-5-8-22(21)17-20/h4-15,17H,16,18H2,1-3H3/b15-6+. The Morgan fingerprint density at radius 3 is 2.32 bits per heavy atom. The number of hydrogen-bond acceptors (Lipinski definition) is 3. The number of sulfone groups is 1. The molecule has 146 valence electrons. The Kier molecular flexibility index (Phi) is 6.01. The molecule has 0 saturated carbocycles. The van der Waals surface area contributed by atoms with Crippen LogP contribution in [0, 0.1) is 6.92 Å². The minimum Gasteiger partial charge on any atom is -0.373 e. The summed E-state index contributed by atoms with van der Waals surface area (Å²) in [5.41, 5.74) is 2.13. The van der Waals surface area contributed by atoms with E-state index in [2.05, 4.69) is 30.3 Å². The highest BCUT2D eigenvalue weighted by atomic mass is 32.2. The van der Waals surface area contributed by atoms with Gasteiger partial charge in [-0.1, -0.05) is 66.2 Å². The smallest absolute Gasteiger partial charge is 0.187 e. The summed E-state index contributed by atoms with van der Waals surface area (Å²) in [7, 11) is -3.46. The van der Waals surface area contributed by atoms with Crippen LogP contribution < -0.4 is 0 Å². The van der Waals surface area contributed by atoms with Crippen LogP contribution in [0.3, 0.4) is 0 Å². The molecule has 3 rings (SSSR count). The van der Waals surface area contributed by atoms with E-state index in [-0.39, 0.29) is 0 Å². The lowest BCUT2D eigenvalue weighted by Crippen LogP contribution is -2.29. The molecule has 0 aliphatic rings. The third kappa shape index (κ3) is 4.51. The second-order valence-corrected chi connectivity index (χ2v) is 10.0. The molecule has 0 amide bonds. The van der Waals surface area contributed by atoms with Gasteiger partial charge in [0.2, 0.25) is 0 Å². The summed E-state index contributed by atoms with van der Waals surface area (Å²) in [5, 5.41) is 2.39. The highest BCUT2D eigenvalue weighted by Gasteiger charge is 2.33. The molecule has 0 aromatic heterocycles. The molecular weight excluding hydrogens is 368 g/mol. The molecule has 3 aromatic carbocycles. The van der Waals surface area contributed by atoms with Crippen molar-refractivity contribution >= 4 is 20.6 Å². The van der Waals surface area contributed by atoms with Crippen LogP contribution in [0.5, 0.6) is 0 Å². The van der Waals surface area contributed by atoms with Gasteiger partial charge in [0.25, 0.3) is 0 Å². The Balaban J connectivity index is 1.60. The first-order valence-corrected chi connectivity index (χ1v) is 10.8. The van der Waals surface area contributed by atoms with Crippen molar-refractivity contribution in [3.8, 4) is 0 Å². The van der Waals surface area contributed by atoms with Crippen molar-refractivity contribution in [2.24, 2.45) is 0 Å². The van der Waals surface area contributed by atoms with Gasteiger partial charge >= 0.3 is 0 Å². The fraction of sp³-hybridized carbons (Fsp3) is 0.250. The van der Waals surface area contributed by atoms with Crippen LogP contribution in [0.2, 0.25) is 0 Å². The van der Waals surface area contributed by atoms with Crippen molar-refractivity contribution in [2.75, 3.05) is 6.61 Å². The topological polar surface area (TPSA) is 43.4 Å². The van der Waals surface area contributed by atoms with E-state index in [1.165, 1.54) is 10.8 Å². The maximum absolute atomic E-state index is 12.9. The SMILES string of the molecule is Cc1ccc(S(=O)(=O)C(C)(C)/C=C/COCc2ccc3ccccc3c2)cc1. The van der Waals surface area contributed by atoms with Crippen molar-refractivity contribution in [3.05, 3.63) is 90.0 Å². The predicted octanol–water partition coefficient (Wildman–Crippen LogP) is 5.47. The Morgan fingerprint density at radius 2 is 1.61 bits per heavy atom. The molecule has 0 spiro atoms. The van der Waals surface area contributed by atoms with Crippen molar-refractivity contribution in [1.82, 2.24) is 0 Å². The van der Waals surface area contributed by atoms with Gasteiger partial charge in [0, 0.05) is 0 Å². The second kappa shape index (κ2) is 8.29. The van der Waals surface area contributed by atoms with Gasteiger partial charge in [0.1, 0.15) is 0 Å². The first-order chi connectivity index (χ1) is 13.3. The van der Waals surface area contributed by atoms with Crippen LogP contribution in [0.15, 0.2) is 83.8 Å². The molecule has 28 heavy (non-hydrogen) atoms. The third-order valence-electron chi connectivity index (χ3n) is 4.84. The quantitative estimate of drug-likeness (QED) is 0.394. The molecule has 0 unspecified atom stereocenters. The lowest BCUT2D eigenvalue weighted by molar-refractivity contribution is 0.148. The van der Waals surface area contributed by atoms with Crippen LogP contribution >= 0.6 is 0 Å². The summed E-state index contributed by atoms with van der Waals surface area (Å²) >= 11 is 0. The van der Waals surface area contributed by atoms with E-state index < -0.39 is 14.6 Å². The molecule has 0 radical (unpaired) electrons. The van der Waals surface area contributed by atoms with Crippen LogP contribution in [0.4, 0.5) is 0 Å². The maximum atomic E-state index is 12.9. The molecule has 0 saturated heterocycles. The average molecular weight is 395 g/mol. The van der Waals surface area contributed by atoms with Gasteiger partial charge in [-0.05, 0) is 55.3 Å². The molecule has 0 heterocycles. The van der Waals surface area contributed by atoms with Gasteiger partial charge < -0.3 is 4.74 Å². The van der Waals surface area contributed by atoms with Crippen molar-refractivity contribution in [1.29, 1.82) is 0 Å². The second-order valence-electron chi connectivity index (χ2n) is 7.52. The summed E-state index contributed by atoms with van der Waals surface area (Å²) in [6, 6.07) is 21.4. The Bertz CT molecular complexity index is 1080. The highest BCUT2D eigenvalue weighted by Crippen LogP contribution is 2.27. The number of ether oxygens (including phenoxy) is 1. The highest BCUT2D eigenvalue weighted by molar-refractivity contribution is 7.93. The average Bonchev–Trinajstić information content (AvgIpc) is 2.67. The monoisotopic (exact) mass is 394 g/mol. The van der Waals surface area contributed by atoms with Crippen molar-refractivity contribution < 1.29 is 13.2 Å². The summed E-state index contributed by atoms with van der Waals surface area (Å²) in [6.45, 7) is 6.21. The lowest BCUT2D eigenvalue weighted by Gasteiger charge is -2.21. The molecule has 0 bridgehead atoms. The van der Waals surface area contributed by atoms with E-state index in [1.807, 2.05) is 31.2 Å². The van der Waals surface area contributed by atoms with Crippen LogP contribution in [-0.2, 0) is 21.2 Å².